The Hall–Kier alpha value is -2.51. The van der Waals surface area contributed by atoms with Gasteiger partial charge in [0.15, 0.2) is 0 Å². The van der Waals surface area contributed by atoms with Crippen molar-refractivity contribution in [3.8, 4) is 16.9 Å². The minimum absolute atomic E-state index is 0.103. The average molecular weight is 423 g/mol. The number of hydrogen-bond acceptors (Lipinski definition) is 6. The van der Waals surface area contributed by atoms with Gasteiger partial charge in [0.05, 0.1) is 0 Å². The number of aliphatic hydroxyl groups excluding tert-OH is 3. The molecule has 1 aromatic heterocycles. The molecule has 0 bridgehead atoms. The van der Waals surface area contributed by atoms with E-state index in [0.717, 1.165) is 47.2 Å². The van der Waals surface area contributed by atoms with Gasteiger partial charge in [-0.25, -0.2) is 0 Å². The Bertz CT molecular complexity index is 970. The number of likely N-dealkylation sites (tertiary alicyclic amines) is 1. The molecule has 3 aromatic rings. The third-order valence-corrected chi connectivity index (χ3v) is 5.98. The zero-order valence-electron chi connectivity index (χ0n) is 17.6. The highest BCUT2D eigenvalue weighted by molar-refractivity contribution is 5.99. The van der Waals surface area contributed by atoms with Crippen molar-refractivity contribution in [1.29, 1.82) is 0 Å². The largest absolute Gasteiger partial charge is 0.490 e. The Kier molecular flexibility index (Phi) is 7.14. The third kappa shape index (κ3) is 5.22. The molecule has 2 aromatic carbocycles. The summed E-state index contributed by atoms with van der Waals surface area (Å²) in [4.78, 5) is 6.24. The van der Waals surface area contributed by atoms with E-state index in [9.17, 15) is 15.3 Å². The maximum Gasteiger partial charge on any atom is 0.127 e. The van der Waals surface area contributed by atoms with E-state index in [2.05, 4.69) is 22.0 Å². The first-order chi connectivity index (χ1) is 15.2. The molecule has 3 N–H and O–H groups in total. The van der Waals surface area contributed by atoms with E-state index in [4.69, 9.17) is 4.74 Å². The number of aromatic nitrogens is 1. The number of nitrogens with zero attached hydrogens (tertiary/aromatic N) is 2. The topological polar surface area (TPSA) is 86.1 Å². The maximum atomic E-state index is 10.7. The molecule has 1 aliphatic rings. The van der Waals surface area contributed by atoms with Crippen molar-refractivity contribution in [2.45, 2.75) is 12.5 Å². The first kappa shape index (κ1) is 21.7. The predicted octanol–water partition coefficient (Wildman–Crippen LogP) is 2.56. The Labute approximate surface area is 182 Å². The Morgan fingerprint density at radius 3 is 2.39 bits per heavy atom. The van der Waals surface area contributed by atoms with Crippen molar-refractivity contribution >= 4 is 10.8 Å². The summed E-state index contributed by atoms with van der Waals surface area (Å²) in [6, 6.07) is 16.1. The Balaban J connectivity index is 1.49. The van der Waals surface area contributed by atoms with Gasteiger partial charge in [-0.05, 0) is 52.8 Å². The summed E-state index contributed by atoms with van der Waals surface area (Å²) in [6.07, 6.45) is 3.68. The van der Waals surface area contributed by atoms with Crippen molar-refractivity contribution in [2.24, 2.45) is 11.8 Å². The Morgan fingerprint density at radius 1 is 0.968 bits per heavy atom. The van der Waals surface area contributed by atoms with Crippen LogP contribution in [0.4, 0.5) is 0 Å². The fraction of sp³-hybridized carbons (Fsp3) is 0.400. The van der Waals surface area contributed by atoms with Crippen molar-refractivity contribution in [3.63, 3.8) is 0 Å². The summed E-state index contributed by atoms with van der Waals surface area (Å²) in [5, 5.41) is 31.9. The first-order valence-electron chi connectivity index (χ1n) is 10.8. The van der Waals surface area contributed by atoms with Crippen LogP contribution in [0.2, 0.25) is 0 Å². The quantitative estimate of drug-likeness (QED) is 0.517. The summed E-state index contributed by atoms with van der Waals surface area (Å²) >= 11 is 0. The molecule has 1 aliphatic heterocycles. The van der Waals surface area contributed by atoms with Crippen LogP contribution in [-0.2, 0) is 0 Å². The minimum Gasteiger partial charge on any atom is -0.490 e. The number of ether oxygens (including phenoxy) is 1. The lowest BCUT2D eigenvalue weighted by Crippen LogP contribution is -2.46. The van der Waals surface area contributed by atoms with Crippen LogP contribution in [0.5, 0.6) is 5.75 Å². The molecule has 0 radical (unpaired) electrons. The molecule has 2 heterocycles. The van der Waals surface area contributed by atoms with Crippen LogP contribution in [0.3, 0.4) is 0 Å². The van der Waals surface area contributed by atoms with E-state index in [1.54, 1.807) is 12.4 Å². The molecule has 6 nitrogen and oxygen atoms in total. The lowest BCUT2D eigenvalue weighted by Gasteiger charge is -2.37. The molecule has 0 saturated carbocycles. The van der Waals surface area contributed by atoms with Gasteiger partial charge in [-0.2, -0.15) is 0 Å². The smallest absolute Gasteiger partial charge is 0.127 e. The standard InChI is InChI=1S/C25H30N2O4/c28-15-18-11-19(16-29)13-27(12-18)14-22(30)17-31-24-6-5-20-3-1-2-4-23(20)25(24)21-7-9-26-10-8-21/h1-10,18-19,22,28-30H,11-17H2/t18-,19+,22?. The average Bonchev–Trinajstić information content (AvgIpc) is 2.82. The highest BCUT2D eigenvalue weighted by Crippen LogP contribution is 2.37. The number of aliphatic hydroxyl groups is 3. The molecule has 1 fully saturated rings. The van der Waals surface area contributed by atoms with Crippen LogP contribution < -0.4 is 4.74 Å². The normalized spacial score (nSPS) is 20.6. The van der Waals surface area contributed by atoms with E-state index in [-0.39, 0.29) is 31.7 Å². The molecule has 3 atom stereocenters. The number of pyridine rings is 1. The zero-order valence-corrected chi connectivity index (χ0v) is 17.6. The molecule has 0 amide bonds. The van der Waals surface area contributed by atoms with Gasteiger partial charge >= 0.3 is 0 Å². The van der Waals surface area contributed by atoms with Crippen LogP contribution in [0.25, 0.3) is 21.9 Å². The van der Waals surface area contributed by atoms with Crippen LogP contribution in [0, 0.1) is 11.8 Å². The van der Waals surface area contributed by atoms with Crippen molar-refractivity contribution < 1.29 is 20.1 Å². The number of hydrogen-bond donors (Lipinski definition) is 3. The molecular formula is C25H30N2O4. The van der Waals surface area contributed by atoms with Gasteiger partial charge in [0.1, 0.15) is 18.5 Å². The van der Waals surface area contributed by atoms with Crippen molar-refractivity contribution in [1.82, 2.24) is 9.88 Å². The molecule has 1 saturated heterocycles. The molecule has 6 heteroatoms. The molecule has 4 rings (SSSR count). The van der Waals surface area contributed by atoms with E-state index in [0.29, 0.717) is 6.54 Å². The lowest BCUT2D eigenvalue weighted by atomic mass is 9.90. The number of piperidine rings is 1. The summed E-state index contributed by atoms with van der Waals surface area (Å²) in [7, 11) is 0. The molecule has 0 aliphatic carbocycles. The highest BCUT2D eigenvalue weighted by Gasteiger charge is 2.27. The molecule has 31 heavy (non-hydrogen) atoms. The van der Waals surface area contributed by atoms with Crippen molar-refractivity contribution in [2.75, 3.05) is 39.5 Å². The predicted molar refractivity (Wildman–Crippen MR) is 121 cm³/mol. The maximum absolute atomic E-state index is 10.7. The van der Waals surface area contributed by atoms with Crippen molar-refractivity contribution in [3.05, 3.63) is 60.9 Å². The van der Waals surface area contributed by atoms with E-state index >= 15 is 0 Å². The number of fused-ring (bicyclic) bond motifs is 1. The van der Waals surface area contributed by atoms with Gasteiger partial charge in [-0.1, -0.05) is 30.3 Å². The zero-order chi connectivity index (χ0) is 21.6. The van der Waals surface area contributed by atoms with Gasteiger partial charge in [0.2, 0.25) is 0 Å². The SMILES string of the molecule is OC[C@@H]1C[C@H](CO)CN(CC(O)COc2ccc3ccccc3c2-c2ccncc2)C1. The molecule has 164 valence electrons. The van der Waals surface area contributed by atoms with E-state index < -0.39 is 6.10 Å². The minimum atomic E-state index is -0.673. The van der Waals surface area contributed by atoms with Crippen LogP contribution >= 0.6 is 0 Å². The number of rotatable bonds is 8. The van der Waals surface area contributed by atoms with E-state index in [1.165, 1.54) is 0 Å². The van der Waals surface area contributed by atoms with Gasteiger partial charge in [0, 0.05) is 50.8 Å². The van der Waals surface area contributed by atoms with Gasteiger partial charge in [-0.3, -0.25) is 9.88 Å². The Morgan fingerprint density at radius 2 is 1.68 bits per heavy atom. The van der Waals surface area contributed by atoms with Gasteiger partial charge in [0.25, 0.3) is 0 Å². The summed E-state index contributed by atoms with van der Waals surface area (Å²) < 4.78 is 6.11. The fourth-order valence-corrected chi connectivity index (χ4v) is 4.56. The van der Waals surface area contributed by atoms with Crippen LogP contribution in [0.15, 0.2) is 60.9 Å². The monoisotopic (exact) mass is 422 g/mol. The van der Waals surface area contributed by atoms with Crippen LogP contribution in [-0.4, -0.2) is 70.8 Å². The summed E-state index contributed by atoms with van der Waals surface area (Å²) in [6.45, 7) is 2.27. The fourth-order valence-electron chi connectivity index (χ4n) is 4.56. The molecule has 1 unspecified atom stereocenters. The van der Waals surface area contributed by atoms with Crippen LogP contribution in [0.1, 0.15) is 6.42 Å². The second-order valence-electron chi connectivity index (χ2n) is 8.41. The third-order valence-electron chi connectivity index (χ3n) is 5.98. The second kappa shape index (κ2) is 10.2. The summed E-state index contributed by atoms with van der Waals surface area (Å²) in [5.74, 6) is 1.000. The van der Waals surface area contributed by atoms with Gasteiger partial charge < -0.3 is 20.1 Å². The second-order valence-corrected chi connectivity index (χ2v) is 8.41. The molecule has 0 spiro atoms. The lowest BCUT2D eigenvalue weighted by molar-refractivity contribution is 0.0155. The van der Waals surface area contributed by atoms with E-state index in [1.807, 2.05) is 36.4 Å². The number of β-amino-alcohol motifs (C(OH)–C–C–N with tert-alkyl or cyclic N) is 1. The highest BCUT2D eigenvalue weighted by atomic mass is 16.5. The number of benzene rings is 2. The first-order valence-corrected chi connectivity index (χ1v) is 10.8. The van der Waals surface area contributed by atoms with Gasteiger partial charge in [-0.15, -0.1) is 0 Å². The summed E-state index contributed by atoms with van der Waals surface area (Å²) in [5.41, 5.74) is 2.01. The molecular weight excluding hydrogens is 392 g/mol.